The number of hydrogen-bond donors (Lipinski definition) is 3. The molecule has 2 atom stereocenters. The summed E-state index contributed by atoms with van der Waals surface area (Å²) in [4.78, 5) is 39.6. The highest BCUT2D eigenvalue weighted by atomic mass is 35.5. The van der Waals surface area contributed by atoms with Crippen molar-refractivity contribution in [1.29, 1.82) is 0 Å². The van der Waals surface area contributed by atoms with Crippen molar-refractivity contribution in [2.24, 2.45) is 0 Å². The van der Waals surface area contributed by atoms with Gasteiger partial charge in [0.1, 0.15) is 23.4 Å². The minimum absolute atomic E-state index is 0.117. The van der Waals surface area contributed by atoms with Crippen molar-refractivity contribution in [2.75, 3.05) is 5.32 Å². The lowest BCUT2D eigenvalue weighted by Crippen LogP contribution is -2.49. The molecule has 2 rings (SSSR count). The number of anilines is 1. The predicted octanol–water partition coefficient (Wildman–Crippen LogP) is 4.37. The van der Waals surface area contributed by atoms with E-state index in [-0.39, 0.29) is 11.3 Å². The van der Waals surface area contributed by atoms with Crippen LogP contribution in [-0.2, 0) is 14.3 Å². The maximum Gasteiger partial charge on any atom is 0.408 e. The summed E-state index contributed by atoms with van der Waals surface area (Å²) in [5, 5.41) is 15.4. The summed E-state index contributed by atoms with van der Waals surface area (Å²) in [5.41, 5.74) is 0.561. The van der Waals surface area contributed by atoms with Gasteiger partial charge in [-0.05, 0) is 63.9 Å². The first-order valence-corrected chi connectivity index (χ1v) is 10.9. The number of phenols is 1. The molecule has 3 amide bonds. The Bertz CT molecular complexity index is 1100. The van der Waals surface area contributed by atoms with Gasteiger partial charge < -0.3 is 20.5 Å². The quantitative estimate of drug-likeness (QED) is 0.416. The zero-order valence-electron chi connectivity index (χ0n) is 19.7. The van der Waals surface area contributed by atoms with Crippen molar-refractivity contribution in [3.05, 3.63) is 58.6 Å². The molecule has 0 fully saturated rings. The number of amides is 3. The number of rotatable bonds is 6. The zero-order valence-corrected chi connectivity index (χ0v) is 20.4. The van der Waals surface area contributed by atoms with Crippen LogP contribution < -0.4 is 10.6 Å². The molecular weight excluding hydrogens is 458 g/mol. The summed E-state index contributed by atoms with van der Waals surface area (Å²) in [6, 6.07) is 10.7. The van der Waals surface area contributed by atoms with Crippen molar-refractivity contribution in [3.8, 4) is 18.2 Å². The van der Waals surface area contributed by atoms with Crippen molar-refractivity contribution < 1.29 is 24.2 Å². The Morgan fingerprint density at radius 1 is 1.18 bits per heavy atom. The van der Waals surface area contributed by atoms with Gasteiger partial charge in [0.25, 0.3) is 11.8 Å². The normalized spacial score (nSPS) is 12.6. The summed E-state index contributed by atoms with van der Waals surface area (Å²) in [5.74, 6) is -1.50. The number of aromatic hydroxyl groups is 1. The second-order valence-corrected chi connectivity index (χ2v) is 9.03. The number of carbonyl (C=O) groups excluding carboxylic acids is 3. The van der Waals surface area contributed by atoms with E-state index in [1.807, 2.05) is 0 Å². The van der Waals surface area contributed by atoms with E-state index in [2.05, 4.69) is 16.7 Å². The molecule has 0 spiro atoms. The van der Waals surface area contributed by atoms with Crippen LogP contribution in [0.5, 0.6) is 5.75 Å². The highest BCUT2D eigenvalue weighted by Crippen LogP contribution is 2.30. The van der Waals surface area contributed by atoms with Gasteiger partial charge in [0.05, 0.1) is 10.7 Å². The van der Waals surface area contributed by atoms with Crippen molar-refractivity contribution in [1.82, 2.24) is 10.2 Å². The monoisotopic (exact) mass is 485 g/mol. The number of alkyl carbamates (subject to hydrolysis) is 1. The first-order chi connectivity index (χ1) is 15.8. The number of phenolic OH excluding ortho intramolecular Hbond substituents is 1. The number of para-hydroxylation sites is 1. The van der Waals surface area contributed by atoms with E-state index in [1.54, 1.807) is 52.0 Å². The van der Waals surface area contributed by atoms with Crippen LogP contribution >= 0.6 is 11.6 Å². The third kappa shape index (κ3) is 6.90. The summed E-state index contributed by atoms with van der Waals surface area (Å²) in [6.07, 6.45) is 4.84. The lowest BCUT2D eigenvalue weighted by atomic mass is 10.0. The van der Waals surface area contributed by atoms with Gasteiger partial charge in [-0.1, -0.05) is 42.3 Å². The Hall–Kier alpha value is -3.70. The summed E-state index contributed by atoms with van der Waals surface area (Å²) >= 11 is 6.25. The standard InChI is InChI=1S/C25H28ClN3O5/c1-7-29(23(32)16(3)27-24(33)34-25(4,5)6)21(17-11-9-12-18(30)14-17)22(31)28-20-15(2)10-8-13-19(20)26/h1,8-14,16,21,30H,2-6H3,(H,27,33)(H,28,31). The number of halogens is 1. The molecule has 0 heterocycles. The van der Waals surface area contributed by atoms with E-state index in [4.69, 9.17) is 22.8 Å². The smallest absolute Gasteiger partial charge is 0.408 e. The molecule has 180 valence electrons. The van der Waals surface area contributed by atoms with Crippen LogP contribution in [0.15, 0.2) is 42.5 Å². The molecule has 0 bridgehead atoms. The van der Waals surface area contributed by atoms with Crippen LogP contribution in [0.25, 0.3) is 0 Å². The number of ether oxygens (including phenoxy) is 1. The maximum atomic E-state index is 13.4. The van der Waals surface area contributed by atoms with E-state index in [9.17, 15) is 19.5 Å². The van der Waals surface area contributed by atoms with E-state index >= 15 is 0 Å². The fraction of sp³-hybridized carbons (Fsp3) is 0.320. The molecule has 2 unspecified atom stereocenters. The number of nitrogens with one attached hydrogen (secondary N) is 2. The molecule has 0 aliphatic heterocycles. The van der Waals surface area contributed by atoms with Crippen molar-refractivity contribution in [3.63, 3.8) is 0 Å². The van der Waals surface area contributed by atoms with E-state index in [0.29, 0.717) is 16.3 Å². The third-order valence-corrected chi connectivity index (χ3v) is 4.96. The average molecular weight is 486 g/mol. The number of aryl methyl sites for hydroxylation is 1. The van der Waals surface area contributed by atoms with Gasteiger partial charge in [-0.25, -0.2) is 4.79 Å². The van der Waals surface area contributed by atoms with Gasteiger partial charge in [-0.3, -0.25) is 14.5 Å². The van der Waals surface area contributed by atoms with Crippen LogP contribution in [0.2, 0.25) is 5.02 Å². The van der Waals surface area contributed by atoms with E-state index in [0.717, 1.165) is 4.90 Å². The van der Waals surface area contributed by atoms with Gasteiger partial charge in [0.15, 0.2) is 0 Å². The number of benzene rings is 2. The predicted molar refractivity (Wildman–Crippen MR) is 130 cm³/mol. The van der Waals surface area contributed by atoms with Crippen molar-refractivity contribution in [2.45, 2.75) is 52.3 Å². The minimum Gasteiger partial charge on any atom is -0.508 e. The highest BCUT2D eigenvalue weighted by Gasteiger charge is 2.35. The number of carbonyl (C=O) groups is 3. The Morgan fingerprint density at radius 2 is 1.82 bits per heavy atom. The lowest BCUT2D eigenvalue weighted by Gasteiger charge is -2.29. The Kier molecular flexibility index (Phi) is 8.55. The molecule has 0 aromatic heterocycles. The Morgan fingerprint density at radius 3 is 2.38 bits per heavy atom. The molecule has 0 saturated heterocycles. The average Bonchev–Trinajstić information content (AvgIpc) is 2.72. The molecule has 0 saturated carbocycles. The fourth-order valence-corrected chi connectivity index (χ4v) is 3.38. The molecule has 0 aliphatic carbocycles. The number of terminal acetylenes is 1. The first-order valence-electron chi connectivity index (χ1n) is 10.5. The van der Waals surface area contributed by atoms with E-state index in [1.165, 1.54) is 25.1 Å². The molecule has 0 aliphatic rings. The molecule has 8 nitrogen and oxygen atoms in total. The van der Waals surface area contributed by atoms with Crippen LogP contribution in [0, 0.1) is 19.4 Å². The van der Waals surface area contributed by atoms with Crippen LogP contribution in [0.4, 0.5) is 10.5 Å². The highest BCUT2D eigenvalue weighted by molar-refractivity contribution is 6.34. The van der Waals surface area contributed by atoms with Crippen molar-refractivity contribution >= 4 is 35.2 Å². The summed E-state index contributed by atoms with van der Waals surface area (Å²) < 4.78 is 5.19. The Balaban J connectivity index is 2.40. The van der Waals surface area contributed by atoms with Gasteiger partial charge in [0, 0.05) is 6.04 Å². The van der Waals surface area contributed by atoms with Gasteiger partial charge in [-0.2, -0.15) is 0 Å². The maximum absolute atomic E-state index is 13.4. The van der Waals surface area contributed by atoms with Gasteiger partial charge in [-0.15, -0.1) is 0 Å². The molecular formula is C25H28ClN3O5. The molecule has 34 heavy (non-hydrogen) atoms. The zero-order chi connectivity index (χ0) is 25.6. The van der Waals surface area contributed by atoms with Crippen LogP contribution in [-0.4, -0.2) is 39.6 Å². The van der Waals surface area contributed by atoms with Crippen LogP contribution in [0.1, 0.15) is 44.9 Å². The molecule has 2 aromatic rings. The molecule has 3 N–H and O–H groups in total. The summed E-state index contributed by atoms with van der Waals surface area (Å²) in [6.45, 7) is 8.25. The second kappa shape index (κ2) is 10.9. The number of hydrogen-bond acceptors (Lipinski definition) is 5. The third-order valence-electron chi connectivity index (χ3n) is 4.64. The van der Waals surface area contributed by atoms with Gasteiger partial charge >= 0.3 is 6.09 Å². The van der Waals surface area contributed by atoms with E-state index < -0.39 is 35.6 Å². The SMILES string of the molecule is C#CN(C(=O)C(C)NC(=O)OC(C)(C)C)C(C(=O)Nc1c(C)cccc1Cl)c1cccc(O)c1. The fourth-order valence-electron chi connectivity index (χ4n) is 3.11. The molecule has 9 heteroatoms. The minimum atomic E-state index is -1.33. The number of nitrogens with zero attached hydrogens (tertiary/aromatic N) is 1. The molecule has 0 radical (unpaired) electrons. The second-order valence-electron chi connectivity index (χ2n) is 8.62. The first kappa shape index (κ1) is 26.6. The molecule has 2 aromatic carbocycles. The topological polar surface area (TPSA) is 108 Å². The summed E-state index contributed by atoms with van der Waals surface area (Å²) in [7, 11) is 0. The largest absolute Gasteiger partial charge is 0.508 e. The lowest BCUT2D eigenvalue weighted by molar-refractivity contribution is -0.136. The van der Waals surface area contributed by atoms with Gasteiger partial charge in [0.2, 0.25) is 0 Å². The van der Waals surface area contributed by atoms with Crippen LogP contribution in [0.3, 0.4) is 0 Å². The Labute approximate surface area is 204 Å².